The van der Waals surface area contributed by atoms with Crippen LogP contribution in [0.25, 0.3) is 9.69 Å². The van der Waals surface area contributed by atoms with E-state index in [1.54, 1.807) is 24.3 Å². The summed E-state index contributed by atoms with van der Waals surface area (Å²) in [6, 6.07) is 10.6. The van der Waals surface area contributed by atoms with Gasteiger partial charge < -0.3 is 5.32 Å². The highest BCUT2D eigenvalue weighted by Crippen LogP contribution is 2.61. The number of amides is 1. The summed E-state index contributed by atoms with van der Waals surface area (Å²) in [5.41, 5.74) is 4.95. The lowest BCUT2D eigenvalue weighted by Crippen LogP contribution is -2.03. The summed E-state index contributed by atoms with van der Waals surface area (Å²) < 4.78 is 9.51. The van der Waals surface area contributed by atoms with Crippen molar-refractivity contribution in [2.45, 2.75) is 12.8 Å². The van der Waals surface area contributed by atoms with Crippen molar-refractivity contribution in [3.05, 3.63) is 70.4 Å². The van der Waals surface area contributed by atoms with Crippen molar-refractivity contribution in [3.8, 4) is 0 Å². The molecule has 0 aliphatic carbocycles. The molecule has 0 atom stereocenters. The molecule has 0 radical (unpaired) electrons. The van der Waals surface area contributed by atoms with Crippen LogP contribution < -0.4 is 5.32 Å². The molecule has 0 fully saturated rings. The number of nitrogens with zero attached hydrogens (tertiary/aromatic N) is 3. The largest absolute Gasteiger partial charge is 0.339 e. The monoisotopic (exact) mass is 486 g/mol. The summed E-state index contributed by atoms with van der Waals surface area (Å²) in [4.78, 5) is 21.6. The fourth-order valence-electron chi connectivity index (χ4n) is 2.50. The van der Waals surface area contributed by atoms with Gasteiger partial charge in [-0.3, -0.25) is 9.36 Å². The van der Waals surface area contributed by atoms with Gasteiger partial charge in [-0.15, -0.1) is 0 Å². The van der Waals surface area contributed by atoms with Gasteiger partial charge >= 0.3 is 5.20 Å². The Kier molecular flexibility index (Phi) is 8.11. The highest BCUT2D eigenvalue weighted by Gasteiger charge is 2.16. The fraction of sp³-hybridized carbons (Fsp3) is 0.111. The topological polar surface area (TPSA) is 67.2 Å². The van der Waals surface area contributed by atoms with Crippen molar-refractivity contribution in [2.75, 3.05) is 5.32 Å². The van der Waals surface area contributed by atoms with Gasteiger partial charge in [0.1, 0.15) is 5.17 Å². The van der Waals surface area contributed by atoms with Crippen LogP contribution in [0.2, 0.25) is 0 Å². The third kappa shape index (κ3) is 7.71. The number of benzene rings is 2. The Bertz CT molecular complexity index is 1110. The number of carbonyl (C=O) groups excluding carboxylic acids is 1. The van der Waals surface area contributed by atoms with E-state index in [2.05, 4.69) is 53.7 Å². The van der Waals surface area contributed by atoms with Gasteiger partial charge in [-0.2, -0.15) is 0 Å². The van der Waals surface area contributed by atoms with Crippen molar-refractivity contribution >= 4 is 84.4 Å². The summed E-state index contributed by atoms with van der Waals surface area (Å²) in [6.07, 6.45) is 1.07. The van der Waals surface area contributed by atoms with Gasteiger partial charge in [0.05, 0.1) is 25.3 Å². The first-order valence-corrected chi connectivity index (χ1v) is 12.6. The summed E-state index contributed by atoms with van der Waals surface area (Å²) in [6.45, 7) is 13.6. The average Bonchev–Trinajstić information content (AvgIpc) is 3.19. The molecule has 6 nitrogen and oxygen atoms in total. The zero-order valence-electron chi connectivity index (χ0n) is 14.5. The third-order valence-corrected chi connectivity index (χ3v) is 3.83. The number of nitrogens with one attached hydrogen (secondary N) is 1. The maximum absolute atomic E-state index is 10.9. The van der Waals surface area contributed by atoms with Crippen LogP contribution in [0.4, 0.5) is 22.7 Å². The van der Waals surface area contributed by atoms with Gasteiger partial charge in [0, 0.05) is 12.1 Å². The van der Waals surface area contributed by atoms with Crippen LogP contribution in [-0.4, -0.2) is 11.1 Å². The lowest BCUT2D eigenvalue weighted by molar-refractivity contribution is -0.115. The number of carbonyl (C=O) groups is 1. The Morgan fingerprint density at radius 3 is 2.10 bits per heavy atom. The number of aliphatic imine (C=N–C) groups is 1. The van der Waals surface area contributed by atoms with Gasteiger partial charge in [0.15, 0.2) is 11.4 Å². The number of hydrogen-bond donors (Lipinski definition) is 1. The van der Waals surface area contributed by atoms with Crippen LogP contribution in [-0.2, 0) is 22.2 Å². The van der Waals surface area contributed by atoms with Crippen molar-refractivity contribution in [2.24, 2.45) is 4.99 Å². The van der Waals surface area contributed by atoms with Crippen molar-refractivity contribution in [1.29, 1.82) is 0 Å². The summed E-state index contributed by atoms with van der Waals surface area (Å²) >= 11 is 19.6. The maximum Gasteiger partial charge on any atom is 0.339 e. The molecule has 2 heterocycles. The van der Waals surface area contributed by atoms with Gasteiger partial charge in [-0.1, -0.05) is 35.9 Å². The summed E-state index contributed by atoms with van der Waals surface area (Å²) in [5.74, 6) is 0.00660. The Morgan fingerprint density at radius 2 is 1.52 bits per heavy atom. The molecule has 0 spiro atoms. The van der Waals surface area contributed by atoms with E-state index in [0.29, 0.717) is 29.4 Å². The van der Waals surface area contributed by atoms with Crippen LogP contribution >= 0.6 is 50.5 Å². The molecule has 29 heavy (non-hydrogen) atoms. The predicted molar refractivity (Wildman–Crippen MR) is 120 cm³/mol. The summed E-state index contributed by atoms with van der Waals surface area (Å²) in [5, 5.41) is 0.0885. The van der Waals surface area contributed by atoms with Gasteiger partial charge in [-0.05, 0) is 57.0 Å². The second-order valence-electron chi connectivity index (χ2n) is 5.67. The third-order valence-electron chi connectivity index (χ3n) is 3.61. The fourth-order valence-corrected chi connectivity index (χ4v) is 2.74. The van der Waals surface area contributed by atoms with E-state index in [1.165, 1.54) is 0 Å². The molecule has 2 aliphatic heterocycles. The molecule has 148 valence electrons. The molecule has 0 saturated carbocycles. The minimum absolute atomic E-state index is 0.00660. The SMILES string of the molecule is O=P(Cl)(Cl)Cl.[C-]#[N+]c1ccc2c(c1)CC(=O)N2.[C-]#[N+]c1ccc2c(c1)CC(Cl)=N2. The maximum atomic E-state index is 10.9. The first-order valence-electron chi connectivity index (χ1n) is 7.81. The van der Waals surface area contributed by atoms with E-state index in [4.69, 9.17) is 24.7 Å². The van der Waals surface area contributed by atoms with Crippen LogP contribution in [0, 0.1) is 13.1 Å². The van der Waals surface area contributed by atoms with Gasteiger partial charge in [-0.25, -0.2) is 14.7 Å². The second kappa shape index (κ2) is 10.1. The first kappa shape index (κ1) is 23.2. The van der Waals surface area contributed by atoms with Crippen molar-refractivity contribution in [1.82, 2.24) is 0 Å². The summed E-state index contributed by atoms with van der Waals surface area (Å²) in [7, 11) is 0. The minimum atomic E-state index is -3.22. The first-order chi connectivity index (χ1) is 13.6. The normalized spacial score (nSPS) is 13.2. The predicted octanol–water partition coefficient (Wildman–Crippen LogP) is 7.61. The van der Waals surface area contributed by atoms with E-state index in [9.17, 15) is 9.36 Å². The number of rotatable bonds is 0. The van der Waals surface area contributed by atoms with Gasteiger partial charge in [0.2, 0.25) is 5.91 Å². The molecule has 0 unspecified atom stereocenters. The van der Waals surface area contributed by atoms with E-state index in [-0.39, 0.29) is 5.91 Å². The second-order valence-corrected chi connectivity index (χ2v) is 12.7. The molecular weight excluding hydrogens is 477 g/mol. The molecular formula is C18H11Cl4N4O2P. The zero-order valence-corrected chi connectivity index (χ0v) is 18.4. The average molecular weight is 488 g/mol. The highest BCUT2D eigenvalue weighted by molar-refractivity contribution is 8.24. The quantitative estimate of drug-likeness (QED) is 0.307. The van der Waals surface area contributed by atoms with Gasteiger partial charge in [0.25, 0.3) is 0 Å². The molecule has 0 bridgehead atoms. The Labute approximate surface area is 186 Å². The van der Waals surface area contributed by atoms with Crippen molar-refractivity contribution in [3.63, 3.8) is 0 Å². The smallest absolute Gasteiger partial charge is 0.326 e. The standard InChI is InChI=1S/C9H5ClN2.C9H6N2O.Cl3OP/c1-11-7-2-3-8-6(4-7)5-9(10)12-8;1-10-7-2-3-8-6(4-7)5-9(12)11-8;1-5(2,3)4/h2-4H,5H2;2-4H,5H2,(H,11,12);. The van der Waals surface area contributed by atoms with E-state index < -0.39 is 5.20 Å². The van der Waals surface area contributed by atoms with Crippen molar-refractivity contribution < 1.29 is 9.36 Å². The van der Waals surface area contributed by atoms with E-state index in [0.717, 1.165) is 22.5 Å². The molecule has 0 saturated heterocycles. The van der Waals surface area contributed by atoms with Crippen LogP contribution in [0.1, 0.15) is 11.1 Å². The molecule has 2 aliphatic rings. The molecule has 0 aromatic heterocycles. The lowest BCUT2D eigenvalue weighted by Gasteiger charge is -1.96. The number of fused-ring (bicyclic) bond motifs is 2. The Hall–Kier alpha value is -2.05. The minimum Gasteiger partial charge on any atom is -0.326 e. The lowest BCUT2D eigenvalue weighted by atomic mass is 10.1. The molecule has 2 aromatic rings. The molecule has 11 heteroatoms. The molecule has 2 aromatic carbocycles. The van der Waals surface area contributed by atoms with E-state index in [1.807, 2.05) is 12.1 Å². The zero-order chi connectivity index (χ0) is 21.6. The van der Waals surface area contributed by atoms with Crippen LogP contribution in [0.15, 0.2) is 41.4 Å². The van der Waals surface area contributed by atoms with E-state index >= 15 is 0 Å². The molecule has 1 amide bonds. The Morgan fingerprint density at radius 1 is 0.966 bits per heavy atom. The number of halogens is 4. The molecule has 4 rings (SSSR count). The van der Waals surface area contributed by atoms with Crippen LogP contribution in [0.5, 0.6) is 0 Å². The highest BCUT2D eigenvalue weighted by atomic mass is 36.0. The van der Waals surface area contributed by atoms with Crippen LogP contribution in [0.3, 0.4) is 0 Å². The number of hydrogen-bond acceptors (Lipinski definition) is 3. The number of anilines is 1. The Balaban J connectivity index is 0.000000170. The molecule has 1 N–H and O–H groups in total.